The number of hydrogen-bond acceptors (Lipinski definition) is 4. The summed E-state index contributed by atoms with van der Waals surface area (Å²) in [5.41, 5.74) is 1.99. The molecule has 0 spiro atoms. The molecule has 0 radical (unpaired) electrons. The lowest BCUT2D eigenvalue weighted by molar-refractivity contribution is 0.144. The van der Waals surface area contributed by atoms with E-state index in [1.165, 1.54) is 12.5 Å². The summed E-state index contributed by atoms with van der Waals surface area (Å²) in [6.45, 7) is 0. The van der Waals surface area contributed by atoms with Crippen molar-refractivity contribution in [3.8, 4) is 0 Å². The summed E-state index contributed by atoms with van der Waals surface area (Å²) < 4.78 is 4.92. The van der Waals surface area contributed by atoms with E-state index in [4.69, 9.17) is 4.42 Å². The molecule has 0 saturated carbocycles. The fourth-order valence-corrected chi connectivity index (χ4v) is 2.31. The number of amides is 2. The van der Waals surface area contributed by atoms with Crippen LogP contribution in [0.1, 0.15) is 17.2 Å². The molecule has 6 nitrogen and oxygen atoms in total. The van der Waals surface area contributed by atoms with Crippen LogP contribution in [0, 0.1) is 0 Å². The van der Waals surface area contributed by atoms with E-state index < -0.39 is 18.2 Å². The standard InChI is InChI=1S/C13H13N3O3/c17-10-7-8-3-1-2-4-9(8)11(10)15-12(18)16-13-14-5-6-19-13/h1-6,10-11,17H,7H2,(H2,14,15,16,18)/t10-,11+/m1/s1. The average Bonchev–Trinajstić information content (AvgIpc) is 2.99. The topological polar surface area (TPSA) is 87.4 Å². The molecular formula is C13H13N3O3. The summed E-state index contributed by atoms with van der Waals surface area (Å²) in [5.74, 6) is 0. The molecule has 0 bridgehead atoms. The molecule has 0 fully saturated rings. The zero-order valence-electron chi connectivity index (χ0n) is 10.0. The van der Waals surface area contributed by atoms with Gasteiger partial charge in [0, 0.05) is 6.42 Å². The zero-order valence-corrected chi connectivity index (χ0v) is 10.0. The number of aromatic nitrogens is 1. The fraction of sp³-hybridized carbons (Fsp3) is 0.231. The predicted molar refractivity (Wildman–Crippen MR) is 67.6 cm³/mol. The van der Waals surface area contributed by atoms with Gasteiger partial charge in [0.05, 0.1) is 18.3 Å². The van der Waals surface area contributed by atoms with E-state index in [1.54, 1.807) is 0 Å². The highest BCUT2D eigenvalue weighted by molar-refractivity contribution is 5.87. The summed E-state index contributed by atoms with van der Waals surface area (Å²) in [4.78, 5) is 15.6. The van der Waals surface area contributed by atoms with Crippen LogP contribution in [0.4, 0.5) is 10.8 Å². The van der Waals surface area contributed by atoms with Gasteiger partial charge in [0.25, 0.3) is 0 Å². The number of oxazole rings is 1. The number of benzene rings is 1. The van der Waals surface area contributed by atoms with Gasteiger partial charge < -0.3 is 14.8 Å². The smallest absolute Gasteiger partial charge is 0.323 e. The minimum atomic E-state index is -0.618. The molecule has 2 amide bonds. The Kier molecular flexibility index (Phi) is 2.92. The Bertz CT molecular complexity index is 583. The van der Waals surface area contributed by atoms with Gasteiger partial charge in [0.15, 0.2) is 0 Å². The highest BCUT2D eigenvalue weighted by Gasteiger charge is 2.31. The molecule has 1 aromatic carbocycles. The molecular weight excluding hydrogens is 246 g/mol. The van der Waals surface area contributed by atoms with Crippen LogP contribution in [0.15, 0.2) is 41.1 Å². The van der Waals surface area contributed by atoms with Gasteiger partial charge in [-0.3, -0.25) is 5.32 Å². The van der Waals surface area contributed by atoms with E-state index in [1.807, 2.05) is 24.3 Å². The molecule has 1 aromatic heterocycles. The van der Waals surface area contributed by atoms with Gasteiger partial charge in [0.2, 0.25) is 0 Å². The van der Waals surface area contributed by atoms with Crippen molar-refractivity contribution < 1.29 is 14.3 Å². The van der Waals surface area contributed by atoms with Crippen LogP contribution in [0.3, 0.4) is 0 Å². The van der Waals surface area contributed by atoms with Crippen LogP contribution in [0.5, 0.6) is 0 Å². The van der Waals surface area contributed by atoms with Crippen molar-refractivity contribution in [1.29, 1.82) is 0 Å². The second-order valence-corrected chi connectivity index (χ2v) is 4.38. The van der Waals surface area contributed by atoms with Crippen molar-refractivity contribution in [2.45, 2.75) is 18.6 Å². The van der Waals surface area contributed by atoms with Crippen LogP contribution in [-0.2, 0) is 6.42 Å². The first-order valence-corrected chi connectivity index (χ1v) is 5.97. The number of aliphatic hydroxyl groups is 1. The van der Waals surface area contributed by atoms with Gasteiger partial charge in [-0.2, -0.15) is 0 Å². The molecule has 1 aliphatic rings. The molecule has 98 valence electrons. The van der Waals surface area contributed by atoms with Gasteiger partial charge in [-0.15, -0.1) is 0 Å². The molecule has 0 aliphatic heterocycles. The molecule has 19 heavy (non-hydrogen) atoms. The SMILES string of the molecule is O=C(Nc1ncco1)N[C@H]1c2ccccc2C[C@H]1O. The molecule has 3 rings (SSSR count). The van der Waals surface area contributed by atoms with Crippen LogP contribution in [0.2, 0.25) is 0 Å². The summed E-state index contributed by atoms with van der Waals surface area (Å²) in [6, 6.07) is 6.92. The van der Waals surface area contributed by atoms with Crippen molar-refractivity contribution in [3.05, 3.63) is 47.9 Å². The largest absolute Gasteiger partial charge is 0.432 e. The Morgan fingerprint density at radius 1 is 1.42 bits per heavy atom. The maximum absolute atomic E-state index is 11.8. The summed E-state index contributed by atoms with van der Waals surface area (Å²) in [7, 11) is 0. The maximum Gasteiger partial charge on any atom is 0.323 e. The number of nitrogens with zero attached hydrogens (tertiary/aromatic N) is 1. The number of hydrogen-bond donors (Lipinski definition) is 3. The molecule has 6 heteroatoms. The number of carbonyl (C=O) groups excluding carboxylic acids is 1. The van der Waals surface area contributed by atoms with E-state index in [0.29, 0.717) is 6.42 Å². The van der Waals surface area contributed by atoms with E-state index >= 15 is 0 Å². The van der Waals surface area contributed by atoms with E-state index in [0.717, 1.165) is 11.1 Å². The van der Waals surface area contributed by atoms with Gasteiger partial charge in [-0.25, -0.2) is 9.78 Å². The maximum atomic E-state index is 11.8. The first-order chi connectivity index (χ1) is 9.24. The minimum Gasteiger partial charge on any atom is -0.432 e. The van der Waals surface area contributed by atoms with Gasteiger partial charge in [-0.05, 0) is 11.1 Å². The van der Waals surface area contributed by atoms with Crippen LogP contribution >= 0.6 is 0 Å². The minimum absolute atomic E-state index is 0.123. The van der Waals surface area contributed by atoms with Crippen LogP contribution in [0.25, 0.3) is 0 Å². The van der Waals surface area contributed by atoms with Crippen LogP contribution in [-0.4, -0.2) is 22.2 Å². The third-order valence-electron chi connectivity index (χ3n) is 3.14. The Hall–Kier alpha value is -2.34. The molecule has 1 heterocycles. The van der Waals surface area contributed by atoms with Gasteiger partial charge >= 0.3 is 12.0 Å². The van der Waals surface area contributed by atoms with Crippen molar-refractivity contribution in [3.63, 3.8) is 0 Å². The quantitative estimate of drug-likeness (QED) is 0.761. The molecule has 1 aliphatic carbocycles. The molecule has 0 saturated heterocycles. The summed E-state index contributed by atoms with van der Waals surface area (Å²) in [6.07, 6.45) is 2.73. The lowest BCUT2D eigenvalue weighted by Crippen LogP contribution is -2.36. The normalized spacial score (nSPS) is 20.9. The number of aliphatic hydroxyl groups excluding tert-OH is 1. The number of nitrogens with one attached hydrogen (secondary N) is 2. The number of rotatable bonds is 2. The highest BCUT2D eigenvalue weighted by atomic mass is 16.4. The Labute approximate surface area is 109 Å². The van der Waals surface area contributed by atoms with Crippen molar-refractivity contribution >= 4 is 12.0 Å². The third-order valence-corrected chi connectivity index (χ3v) is 3.14. The summed E-state index contributed by atoms with van der Waals surface area (Å²) >= 11 is 0. The molecule has 0 unspecified atom stereocenters. The van der Waals surface area contributed by atoms with E-state index in [9.17, 15) is 9.90 Å². The first kappa shape index (κ1) is 11.7. The number of anilines is 1. The number of fused-ring (bicyclic) bond motifs is 1. The Balaban J connectivity index is 1.71. The lowest BCUT2D eigenvalue weighted by atomic mass is 10.1. The number of carbonyl (C=O) groups is 1. The highest BCUT2D eigenvalue weighted by Crippen LogP contribution is 2.31. The first-order valence-electron chi connectivity index (χ1n) is 5.97. The Morgan fingerprint density at radius 2 is 2.26 bits per heavy atom. The zero-order chi connectivity index (χ0) is 13.2. The van der Waals surface area contributed by atoms with Gasteiger partial charge in [0.1, 0.15) is 6.26 Å². The Morgan fingerprint density at radius 3 is 3.05 bits per heavy atom. The second-order valence-electron chi connectivity index (χ2n) is 4.38. The molecule has 2 atom stereocenters. The fourth-order valence-electron chi connectivity index (χ4n) is 2.31. The predicted octanol–water partition coefficient (Wildman–Crippen LogP) is 1.45. The van der Waals surface area contributed by atoms with E-state index in [-0.39, 0.29) is 6.01 Å². The van der Waals surface area contributed by atoms with Crippen LogP contribution < -0.4 is 10.6 Å². The van der Waals surface area contributed by atoms with Gasteiger partial charge in [-0.1, -0.05) is 24.3 Å². The molecule has 3 N–H and O–H groups in total. The second kappa shape index (κ2) is 4.74. The monoisotopic (exact) mass is 259 g/mol. The van der Waals surface area contributed by atoms with Crippen molar-refractivity contribution in [2.75, 3.05) is 5.32 Å². The van der Waals surface area contributed by atoms with Crippen molar-refractivity contribution in [2.24, 2.45) is 0 Å². The lowest BCUT2D eigenvalue weighted by Gasteiger charge is -2.17. The third kappa shape index (κ3) is 2.30. The van der Waals surface area contributed by atoms with Crippen molar-refractivity contribution in [1.82, 2.24) is 10.3 Å². The molecule has 2 aromatic rings. The number of urea groups is 1. The average molecular weight is 259 g/mol. The van der Waals surface area contributed by atoms with E-state index in [2.05, 4.69) is 15.6 Å². The summed E-state index contributed by atoms with van der Waals surface area (Å²) in [5, 5.41) is 15.2.